The number of ether oxygens (including phenoxy) is 1. The third-order valence-electron chi connectivity index (χ3n) is 6.24. The summed E-state index contributed by atoms with van der Waals surface area (Å²) in [5.41, 5.74) is 1.76. The normalized spacial score (nSPS) is 21.6. The molecule has 1 aromatic heterocycles. The third-order valence-corrected chi connectivity index (χ3v) is 7.44. The van der Waals surface area contributed by atoms with Gasteiger partial charge in [0, 0.05) is 32.0 Å². The molecule has 3 aromatic rings. The van der Waals surface area contributed by atoms with E-state index in [1.807, 2.05) is 47.4 Å². The summed E-state index contributed by atoms with van der Waals surface area (Å²) in [7, 11) is 1.60. The summed E-state index contributed by atoms with van der Waals surface area (Å²) in [6.45, 7) is 1.83. The van der Waals surface area contributed by atoms with Crippen LogP contribution in [0.2, 0.25) is 0 Å². The molecule has 160 valence electrons. The van der Waals surface area contributed by atoms with Crippen LogP contribution in [0.5, 0.6) is 5.75 Å². The standard InChI is InChI=1S/C24H25N3O3S/c1-30-20-10-4-3-9-19(20)27-15-17(13-22(27)28)24(29)26-12-6-7-16(14-26)23-25-18-8-2-5-11-21(18)31-23/h2-5,8-11,16-17H,6-7,12-15H2,1H3/t16-,17-/m1/s1. The second-order valence-corrected chi connectivity index (χ2v) is 9.28. The average molecular weight is 436 g/mol. The van der Waals surface area contributed by atoms with Gasteiger partial charge in [-0.3, -0.25) is 9.59 Å². The molecular formula is C24H25N3O3S. The average Bonchev–Trinajstić information content (AvgIpc) is 3.42. The molecule has 0 radical (unpaired) electrons. The summed E-state index contributed by atoms with van der Waals surface area (Å²) in [5, 5.41) is 1.11. The Hall–Kier alpha value is -2.93. The van der Waals surface area contributed by atoms with Crippen LogP contribution in [-0.4, -0.2) is 48.4 Å². The van der Waals surface area contributed by atoms with Gasteiger partial charge in [0.2, 0.25) is 11.8 Å². The number of rotatable bonds is 4. The van der Waals surface area contributed by atoms with Gasteiger partial charge in [0.15, 0.2) is 0 Å². The molecule has 0 unspecified atom stereocenters. The van der Waals surface area contributed by atoms with E-state index in [9.17, 15) is 9.59 Å². The van der Waals surface area contributed by atoms with Gasteiger partial charge in [0.1, 0.15) is 5.75 Å². The summed E-state index contributed by atoms with van der Waals surface area (Å²) in [5.74, 6) is 0.654. The highest BCUT2D eigenvalue weighted by atomic mass is 32.1. The molecule has 0 saturated carbocycles. The number of benzene rings is 2. The molecule has 3 heterocycles. The number of piperidine rings is 1. The topological polar surface area (TPSA) is 62.7 Å². The highest BCUT2D eigenvalue weighted by molar-refractivity contribution is 7.18. The van der Waals surface area contributed by atoms with Crippen LogP contribution in [0.1, 0.15) is 30.2 Å². The molecular weight excluding hydrogens is 410 g/mol. The number of anilines is 1. The van der Waals surface area contributed by atoms with E-state index in [-0.39, 0.29) is 30.1 Å². The Balaban J connectivity index is 1.30. The van der Waals surface area contributed by atoms with Gasteiger partial charge in [-0.2, -0.15) is 0 Å². The molecule has 0 aliphatic carbocycles. The van der Waals surface area contributed by atoms with E-state index in [0.717, 1.165) is 35.6 Å². The maximum atomic E-state index is 13.3. The highest BCUT2D eigenvalue weighted by Crippen LogP contribution is 2.36. The lowest BCUT2D eigenvalue weighted by molar-refractivity contribution is -0.137. The first-order chi connectivity index (χ1) is 15.1. The van der Waals surface area contributed by atoms with Gasteiger partial charge in [0.25, 0.3) is 0 Å². The fourth-order valence-corrected chi connectivity index (χ4v) is 5.75. The first kappa shape index (κ1) is 20.0. The fraction of sp³-hybridized carbons (Fsp3) is 0.375. The minimum absolute atomic E-state index is 0.0254. The Morgan fingerprint density at radius 3 is 2.77 bits per heavy atom. The number of carbonyl (C=O) groups excluding carboxylic acids is 2. The molecule has 2 aliphatic rings. The van der Waals surface area contributed by atoms with E-state index in [2.05, 4.69) is 6.07 Å². The van der Waals surface area contributed by atoms with Crippen molar-refractivity contribution in [1.82, 2.24) is 9.88 Å². The van der Waals surface area contributed by atoms with E-state index >= 15 is 0 Å². The molecule has 2 aliphatic heterocycles. The Bertz CT molecular complexity index is 1090. The molecule has 5 rings (SSSR count). The lowest BCUT2D eigenvalue weighted by Crippen LogP contribution is -2.43. The zero-order chi connectivity index (χ0) is 21.4. The lowest BCUT2D eigenvalue weighted by Gasteiger charge is -2.33. The summed E-state index contributed by atoms with van der Waals surface area (Å²) in [6.07, 6.45) is 2.25. The van der Waals surface area contributed by atoms with E-state index in [0.29, 0.717) is 18.8 Å². The molecule has 2 aromatic carbocycles. The predicted molar refractivity (Wildman–Crippen MR) is 122 cm³/mol. The number of amides is 2. The molecule has 2 atom stereocenters. The van der Waals surface area contributed by atoms with Crippen molar-refractivity contribution in [2.45, 2.75) is 25.2 Å². The van der Waals surface area contributed by atoms with Gasteiger partial charge in [-0.05, 0) is 37.1 Å². The second kappa shape index (κ2) is 8.30. The Labute approximate surface area is 185 Å². The SMILES string of the molecule is COc1ccccc1N1C[C@H](C(=O)N2CCC[C@@H](c3nc4ccccc4s3)C2)CC1=O. The number of hydrogen-bond donors (Lipinski definition) is 0. The van der Waals surface area contributed by atoms with Crippen LogP contribution in [0.4, 0.5) is 5.69 Å². The molecule has 0 bridgehead atoms. The number of para-hydroxylation sites is 3. The lowest BCUT2D eigenvalue weighted by atomic mass is 9.96. The summed E-state index contributed by atoms with van der Waals surface area (Å²) in [4.78, 5) is 34.5. The van der Waals surface area contributed by atoms with Crippen LogP contribution in [0.3, 0.4) is 0 Å². The number of hydrogen-bond acceptors (Lipinski definition) is 5. The molecule has 2 amide bonds. The van der Waals surface area contributed by atoms with E-state index < -0.39 is 0 Å². The quantitative estimate of drug-likeness (QED) is 0.620. The molecule has 6 nitrogen and oxygen atoms in total. The van der Waals surface area contributed by atoms with Crippen molar-refractivity contribution in [2.75, 3.05) is 31.6 Å². The number of methoxy groups -OCH3 is 1. The van der Waals surface area contributed by atoms with Crippen LogP contribution in [0.15, 0.2) is 48.5 Å². The highest BCUT2D eigenvalue weighted by Gasteiger charge is 2.39. The summed E-state index contributed by atoms with van der Waals surface area (Å²) < 4.78 is 6.60. The van der Waals surface area contributed by atoms with Gasteiger partial charge in [0.05, 0.1) is 33.9 Å². The predicted octanol–water partition coefficient (Wildman–Crippen LogP) is 4.06. The van der Waals surface area contributed by atoms with Crippen molar-refractivity contribution in [2.24, 2.45) is 5.92 Å². The van der Waals surface area contributed by atoms with E-state index in [1.54, 1.807) is 23.3 Å². The second-order valence-electron chi connectivity index (χ2n) is 8.22. The number of nitrogens with zero attached hydrogens (tertiary/aromatic N) is 3. The van der Waals surface area contributed by atoms with E-state index in [1.165, 1.54) is 4.70 Å². The van der Waals surface area contributed by atoms with Crippen molar-refractivity contribution < 1.29 is 14.3 Å². The van der Waals surface area contributed by atoms with Crippen LogP contribution < -0.4 is 9.64 Å². The number of fused-ring (bicyclic) bond motifs is 1. The van der Waals surface area contributed by atoms with Crippen molar-refractivity contribution in [3.63, 3.8) is 0 Å². The number of aromatic nitrogens is 1. The van der Waals surface area contributed by atoms with Gasteiger partial charge < -0.3 is 14.5 Å². The minimum Gasteiger partial charge on any atom is -0.495 e. The Morgan fingerprint density at radius 1 is 1.13 bits per heavy atom. The fourth-order valence-electron chi connectivity index (χ4n) is 4.66. The van der Waals surface area contributed by atoms with Crippen LogP contribution in [-0.2, 0) is 9.59 Å². The number of thiazole rings is 1. The zero-order valence-corrected chi connectivity index (χ0v) is 18.3. The molecule has 0 spiro atoms. The molecule has 2 saturated heterocycles. The van der Waals surface area contributed by atoms with Crippen LogP contribution >= 0.6 is 11.3 Å². The first-order valence-corrected chi connectivity index (χ1v) is 11.5. The smallest absolute Gasteiger partial charge is 0.228 e. The van der Waals surface area contributed by atoms with Crippen molar-refractivity contribution in [3.8, 4) is 5.75 Å². The minimum atomic E-state index is -0.313. The van der Waals surface area contributed by atoms with Crippen LogP contribution in [0.25, 0.3) is 10.2 Å². The maximum absolute atomic E-state index is 13.3. The van der Waals surface area contributed by atoms with Crippen LogP contribution in [0, 0.1) is 5.92 Å². The van der Waals surface area contributed by atoms with Gasteiger partial charge in [-0.1, -0.05) is 24.3 Å². The Kier molecular flexibility index (Phi) is 5.36. The first-order valence-electron chi connectivity index (χ1n) is 10.7. The molecule has 31 heavy (non-hydrogen) atoms. The third kappa shape index (κ3) is 3.78. The van der Waals surface area contributed by atoms with Crippen molar-refractivity contribution in [3.05, 3.63) is 53.5 Å². The molecule has 7 heteroatoms. The van der Waals surface area contributed by atoms with Crippen molar-refractivity contribution >= 4 is 39.1 Å². The van der Waals surface area contributed by atoms with E-state index in [4.69, 9.17) is 9.72 Å². The number of likely N-dealkylation sites (tertiary alicyclic amines) is 1. The maximum Gasteiger partial charge on any atom is 0.228 e. The number of carbonyl (C=O) groups is 2. The Morgan fingerprint density at radius 2 is 1.94 bits per heavy atom. The summed E-state index contributed by atoms with van der Waals surface area (Å²) >= 11 is 1.73. The zero-order valence-electron chi connectivity index (χ0n) is 17.5. The summed E-state index contributed by atoms with van der Waals surface area (Å²) in [6, 6.07) is 15.6. The van der Waals surface area contributed by atoms with Gasteiger partial charge >= 0.3 is 0 Å². The van der Waals surface area contributed by atoms with Crippen molar-refractivity contribution in [1.29, 1.82) is 0 Å². The van der Waals surface area contributed by atoms with Gasteiger partial charge in [-0.25, -0.2) is 4.98 Å². The molecule has 0 N–H and O–H groups in total. The van der Waals surface area contributed by atoms with Gasteiger partial charge in [-0.15, -0.1) is 11.3 Å². The largest absolute Gasteiger partial charge is 0.495 e. The monoisotopic (exact) mass is 435 g/mol. The molecule has 2 fully saturated rings.